The second-order valence-electron chi connectivity index (χ2n) is 8.44. The van der Waals surface area contributed by atoms with Gasteiger partial charge in [-0.2, -0.15) is 18.4 Å². The van der Waals surface area contributed by atoms with Gasteiger partial charge in [0.1, 0.15) is 5.75 Å². The summed E-state index contributed by atoms with van der Waals surface area (Å²) in [6, 6.07) is 11.4. The summed E-state index contributed by atoms with van der Waals surface area (Å²) in [5.74, 6) is 0.575. The second-order valence-corrected chi connectivity index (χ2v) is 10.5. The molecule has 6 nitrogen and oxygen atoms in total. The molecule has 2 aromatic rings. The molecule has 0 aliphatic carbocycles. The van der Waals surface area contributed by atoms with Gasteiger partial charge in [0.25, 0.3) is 0 Å². The number of nitrogens with zero attached hydrogens (tertiary/aromatic N) is 2. The first-order valence-electron chi connectivity index (χ1n) is 11.0. The molecule has 0 spiro atoms. The Balaban J connectivity index is 1.55. The van der Waals surface area contributed by atoms with E-state index in [4.69, 9.17) is 10.00 Å². The monoisotopic (exact) mass is 496 g/mol. The molecule has 0 saturated carbocycles. The van der Waals surface area contributed by atoms with Crippen LogP contribution in [0.2, 0.25) is 0 Å². The lowest BCUT2D eigenvalue weighted by Crippen LogP contribution is -2.45. The van der Waals surface area contributed by atoms with Crippen LogP contribution in [0.1, 0.15) is 43.7 Å². The number of benzene rings is 2. The molecular weight excluding hydrogens is 469 g/mol. The van der Waals surface area contributed by atoms with Crippen LogP contribution >= 0.6 is 0 Å². The van der Waals surface area contributed by atoms with Gasteiger partial charge in [-0.3, -0.25) is 0 Å². The van der Waals surface area contributed by atoms with E-state index in [1.165, 1.54) is 24.3 Å². The molecule has 0 unspecified atom stereocenters. The molecule has 0 aromatic heterocycles. The van der Waals surface area contributed by atoms with Crippen molar-refractivity contribution in [2.45, 2.75) is 49.3 Å². The van der Waals surface area contributed by atoms with Gasteiger partial charge >= 0.3 is 6.18 Å². The van der Waals surface area contributed by atoms with Gasteiger partial charge in [-0.15, -0.1) is 0 Å². The van der Waals surface area contributed by atoms with Gasteiger partial charge < -0.3 is 14.7 Å². The van der Waals surface area contributed by atoms with Crippen molar-refractivity contribution in [1.29, 1.82) is 5.26 Å². The van der Waals surface area contributed by atoms with E-state index < -0.39 is 32.7 Å². The highest BCUT2D eigenvalue weighted by Crippen LogP contribution is 2.36. The molecule has 34 heavy (non-hydrogen) atoms. The van der Waals surface area contributed by atoms with Crippen molar-refractivity contribution in [3.8, 4) is 11.8 Å². The maximum Gasteiger partial charge on any atom is 0.417 e. The summed E-state index contributed by atoms with van der Waals surface area (Å²) in [5.41, 5.74) is -2.03. The number of piperidine rings is 1. The Hall–Kier alpha value is -2.77. The number of aliphatic hydroxyl groups is 1. The minimum absolute atomic E-state index is 0.0806. The van der Waals surface area contributed by atoms with E-state index in [2.05, 4.69) is 0 Å². The van der Waals surface area contributed by atoms with Crippen LogP contribution < -0.4 is 9.64 Å². The first-order valence-corrected chi connectivity index (χ1v) is 12.7. The smallest absolute Gasteiger partial charge is 0.417 e. The molecule has 1 saturated heterocycles. The Labute approximate surface area is 197 Å². The highest BCUT2D eigenvalue weighted by molar-refractivity contribution is 7.91. The molecule has 0 amide bonds. The first-order chi connectivity index (χ1) is 16.0. The molecule has 10 heteroatoms. The van der Waals surface area contributed by atoms with E-state index in [1.807, 2.05) is 0 Å². The predicted octanol–water partition coefficient (Wildman–Crippen LogP) is 4.56. The molecule has 1 aliphatic heterocycles. The standard InChI is InChI=1S/C24H27F3N2O4S/c1-2-15-34(31,32)21-7-5-20(6-8-21)33-14-11-23(30)9-12-29(13-10-23)19-4-3-18(17-28)22(16-19)24(25,26)27/h3-8,16,30H,2,9-15H2,1H3. The molecule has 2 aromatic carbocycles. The van der Waals surface area contributed by atoms with E-state index in [-0.39, 0.29) is 17.3 Å². The molecule has 0 atom stereocenters. The third kappa shape index (κ3) is 6.21. The molecule has 0 radical (unpaired) electrons. The van der Waals surface area contributed by atoms with Crippen LogP contribution in [0, 0.1) is 11.3 Å². The number of sulfone groups is 1. The van der Waals surface area contributed by atoms with E-state index in [0.717, 1.165) is 6.07 Å². The number of anilines is 1. The summed E-state index contributed by atoms with van der Waals surface area (Å²) in [4.78, 5) is 2.01. The third-order valence-electron chi connectivity index (χ3n) is 5.98. The van der Waals surface area contributed by atoms with E-state index in [0.29, 0.717) is 50.2 Å². The van der Waals surface area contributed by atoms with Gasteiger partial charge in [0, 0.05) is 25.2 Å². The maximum atomic E-state index is 13.2. The summed E-state index contributed by atoms with van der Waals surface area (Å²) < 4.78 is 69.6. The molecule has 1 N–H and O–H groups in total. The average molecular weight is 497 g/mol. The number of nitriles is 1. The number of halogens is 3. The fourth-order valence-electron chi connectivity index (χ4n) is 3.98. The number of hydrogen-bond acceptors (Lipinski definition) is 6. The van der Waals surface area contributed by atoms with Crippen LogP contribution in [0.3, 0.4) is 0 Å². The lowest BCUT2D eigenvalue weighted by Gasteiger charge is -2.39. The Bertz CT molecular complexity index is 1130. The van der Waals surface area contributed by atoms with Crippen LogP contribution in [0.5, 0.6) is 5.75 Å². The van der Waals surface area contributed by atoms with E-state index in [1.54, 1.807) is 30.0 Å². The Morgan fingerprint density at radius 2 is 1.79 bits per heavy atom. The topological polar surface area (TPSA) is 90.6 Å². The number of hydrogen-bond donors (Lipinski definition) is 1. The quantitative estimate of drug-likeness (QED) is 0.576. The molecule has 1 heterocycles. The summed E-state index contributed by atoms with van der Waals surface area (Å²) in [6.45, 7) is 2.74. The van der Waals surface area contributed by atoms with Gasteiger partial charge in [-0.1, -0.05) is 6.92 Å². The minimum atomic E-state index is -4.62. The van der Waals surface area contributed by atoms with Crippen LogP contribution in [-0.4, -0.2) is 44.6 Å². The second kappa shape index (κ2) is 10.2. The lowest BCUT2D eigenvalue weighted by atomic mass is 9.88. The Kier molecular flexibility index (Phi) is 7.78. The largest absolute Gasteiger partial charge is 0.493 e. The SMILES string of the molecule is CCCS(=O)(=O)c1ccc(OCCC2(O)CCN(c3ccc(C#N)c(C(F)(F)F)c3)CC2)cc1. The van der Waals surface area contributed by atoms with Crippen molar-refractivity contribution >= 4 is 15.5 Å². The van der Waals surface area contributed by atoms with Gasteiger partial charge in [0.05, 0.1) is 40.1 Å². The summed E-state index contributed by atoms with van der Waals surface area (Å²) >= 11 is 0. The van der Waals surface area contributed by atoms with Gasteiger partial charge in [-0.05, 0) is 61.7 Å². The number of ether oxygens (including phenoxy) is 1. The minimum Gasteiger partial charge on any atom is -0.493 e. The highest BCUT2D eigenvalue weighted by atomic mass is 32.2. The normalized spacial score (nSPS) is 16.2. The predicted molar refractivity (Wildman–Crippen MR) is 121 cm³/mol. The van der Waals surface area contributed by atoms with Crippen molar-refractivity contribution in [2.75, 3.05) is 30.3 Å². The van der Waals surface area contributed by atoms with E-state index >= 15 is 0 Å². The van der Waals surface area contributed by atoms with Crippen molar-refractivity contribution in [3.05, 3.63) is 53.6 Å². The first kappa shape index (κ1) is 25.8. The van der Waals surface area contributed by atoms with Gasteiger partial charge in [0.15, 0.2) is 9.84 Å². The van der Waals surface area contributed by atoms with Crippen LogP contribution in [0.25, 0.3) is 0 Å². The maximum absolute atomic E-state index is 13.2. The fraction of sp³-hybridized carbons (Fsp3) is 0.458. The zero-order chi connectivity index (χ0) is 25.0. The molecule has 1 fully saturated rings. The lowest BCUT2D eigenvalue weighted by molar-refractivity contribution is -0.137. The highest BCUT2D eigenvalue weighted by Gasteiger charge is 2.36. The summed E-state index contributed by atoms with van der Waals surface area (Å²) in [6.07, 6.45) is -3.05. The molecule has 184 valence electrons. The summed E-state index contributed by atoms with van der Waals surface area (Å²) in [7, 11) is -3.30. The molecule has 0 bridgehead atoms. The van der Waals surface area contributed by atoms with Gasteiger partial charge in [0.2, 0.25) is 0 Å². The van der Waals surface area contributed by atoms with Crippen molar-refractivity contribution in [2.24, 2.45) is 0 Å². The third-order valence-corrected chi connectivity index (χ3v) is 7.92. The number of rotatable bonds is 8. The zero-order valence-corrected chi connectivity index (χ0v) is 19.6. The molecule has 1 aliphatic rings. The molecule has 3 rings (SSSR count). The van der Waals surface area contributed by atoms with Crippen molar-refractivity contribution in [1.82, 2.24) is 0 Å². The molecular formula is C24H27F3N2O4S. The fourth-order valence-corrected chi connectivity index (χ4v) is 5.30. The average Bonchev–Trinajstić information content (AvgIpc) is 2.79. The Morgan fingerprint density at radius 3 is 2.35 bits per heavy atom. The van der Waals surface area contributed by atoms with E-state index in [9.17, 15) is 26.7 Å². The van der Waals surface area contributed by atoms with Crippen molar-refractivity contribution in [3.63, 3.8) is 0 Å². The number of alkyl halides is 3. The van der Waals surface area contributed by atoms with Crippen LogP contribution in [0.15, 0.2) is 47.4 Å². The Morgan fingerprint density at radius 1 is 1.15 bits per heavy atom. The van der Waals surface area contributed by atoms with Gasteiger partial charge in [-0.25, -0.2) is 8.42 Å². The van der Waals surface area contributed by atoms with Crippen molar-refractivity contribution < 1.29 is 31.4 Å². The zero-order valence-electron chi connectivity index (χ0n) is 18.8. The van der Waals surface area contributed by atoms with Crippen LogP contribution in [0.4, 0.5) is 18.9 Å². The summed E-state index contributed by atoms with van der Waals surface area (Å²) in [5, 5.41) is 19.8. The van der Waals surface area contributed by atoms with Crippen LogP contribution in [-0.2, 0) is 16.0 Å².